The van der Waals surface area contributed by atoms with Gasteiger partial charge in [-0.1, -0.05) is 16.8 Å². The fraction of sp³-hybridized carbons (Fsp3) is 0.348. The molecule has 180 valence electrons. The van der Waals surface area contributed by atoms with Gasteiger partial charge in [-0.15, -0.1) is 0 Å². The van der Waals surface area contributed by atoms with Gasteiger partial charge in [-0.3, -0.25) is 9.51 Å². The summed E-state index contributed by atoms with van der Waals surface area (Å²) >= 11 is 6.35. The van der Waals surface area contributed by atoms with E-state index >= 15 is 0 Å². The topological polar surface area (TPSA) is 117 Å². The number of aromatic amines is 1. The molecule has 1 aliphatic rings. The first kappa shape index (κ1) is 23.8. The zero-order valence-electron chi connectivity index (χ0n) is 18.7. The molecular weight excluding hydrogens is 466 g/mol. The molecule has 0 radical (unpaired) electrons. The van der Waals surface area contributed by atoms with Crippen molar-refractivity contribution in [1.82, 2.24) is 10.1 Å². The Bertz CT molecular complexity index is 1180. The first-order valence-electron chi connectivity index (χ1n) is 10.5. The monoisotopic (exact) mass is 489 g/mol. The lowest BCUT2D eigenvalue weighted by Gasteiger charge is -2.18. The summed E-state index contributed by atoms with van der Waals surface area (Å²) in [4.78, 5) is 18.4. The molecule has 10 nitrogen and oxygen atoms in total. The highest BCUT2D eigenvalue weighted by atomic mass is 35.5. The molecule has 1 aromatic heterocycles. The number of H-pyrrole nitrogens is 1. The quantitative estimate of drug-likeness (QED) is 0.408. The number of nitrogens with one attached hydrogen (secondary N) is 1. The van der Waals surface area contributed by atoms with Crippen LogP contribution in [-0.4, -0.2) is 68.8 Å². The Morgan fingerprint density at radius 1 is 1.06 bits per heavy atom. The molecule has 2 heterocycles. The first-order valence-corrected chi connectivity index (χ1v) is 10.9. The number of benzene rings is 2. The Labute approximate surface area is 200 Å². The van der Waals surface area contributed by atoms with Crippen LogP contribution in [0, 0.1) is 0 Å². The fourth-order valence-corrected chi connectivity index (χ4v) is 3.56. The molecule has 0 saturated carbocycles. The Kier molecular flexibility index (Phi) is 7.84. The third-order valence-corrected chi connectivity index (χ3v) is 5.40. The minimum Gasteiger partial charge on any atom is -0.497 e. The number of hydrogen-bond donors (Lipinski definition) is 1. The van der Waals surface area contributed by atoms with Crippen molar-refractivity contribution in [3.63, 3.8) is 0 Å². The van der Waals surface area contributed by atoms with Gasteiger partial charge in [0.05, 0.1) is 32.0 Å². The lowest BCUT2D eigenvalue weighted by atomic mass is 10.2. The van der Waals surface area contributed by atoms with E-state index in [1.165, 1.54) is 0 Å². The van der Waals surface area contributed by atoms with Crippen LogP contribution in [-0.2, 0) is 14.2 Å². The van der Waals surface area contributed by atoms with Gasteiger partial charge in [0.2, 0.25) is 5.90 Å². The third kappa shape index (κ3) is 5.77. The SMILES string of the molecule is COCCOCC1OC(c2ccc(OC)cc2)=NC1COc1ccc(-c2noc(=O)[nH]2)c(Cl)c1. The maximum Gasteiger partial charge on any atom is 0.439 e. The maximum atomic E-state index is 11.2. The second-order valence-electron chi connectivity index (χ2n) is 7.35. The van der Waals surface area contributed by atoms with Crippen LogP contribution in [0.2, 0.25) is 5.02 Å². The summed E-state index contributed by atoms with van der Waals surface area (Å²) in [6, 6.07) is 12.2. The number of halogens is 1. The van der Waals surface area contributed by atoms with Crippen molar-refractivity contribution in [3.8, 4) is 22.9 Å². The number of methoxy groups -OCH3 is 2. The average molecular weight is 490 g/mol. The summed E-state index contributed by atoms with van der Waals surface area (Å²) in [6.07, 6.45) is -0.330. The largest absolute Gasteiger partial charge is 0.497 e. The van der Waals surface area contributed by atoms with Gasteiger partial charge in [-0.25, -0.2) is 9.79 Å². The summed E-state index contributed by atoms with van der Waals surface area (Å²) in [5.41, 5.74) is 1.35. The second-order valence-corrected chi connectivity index (χ2v) is 7.76. The van der Waals surface area contributed by atoms with Gasteiger partial charge in [0.25, 0.3) is 0 Å². The molecular formula is C23H24ClN3O7. The van der Waals surface area contributed by atoms with Gasteiger partial charge in [0.1, 0.15) is 30.3 Å². The molecule has 2 unspecified atom stereocenters. The Hall–Kier alpha value is -3.34. The van der Waals surface area contributed by atoms with E-state index in [1.807, 2.05) is 24.3 Å². The first-order chi connectivity index (χ1) is 16.6. The maximum absolute atomic E-state index is 11.2. The van der Waals surface area contributed by atoms with Crippen molar-refractivity contribution < 1.29 is 28.2 Å². The van der Waals surface area contributed by atoms with E-state index in [1.54, 1.807) is 32.4 Å². The third-order valence-electron chi connectivity index (χ3n) is 5.08. The Morgan fingerprint density at radius 3 is 2.53 bits per heavy atom. The second kappa shape index (κ2) is 11.2. The average Bonchev–Trinajstić information content (AvgIpc) is 3.46. The van der Waals surface area contributed by atoms with Crippen LogP contribution < -0.4 is 15.2 Å². The van der Waals surface area contributed by atoms with E-state index < -0.39 is 5.76 Å². The number of aliphatic imine (C=N–C) groups is 1. The van der Waals surface area contributed by atoms with E-state index in [0.717, 1.165) is 11.3 Å². The molecule has 1 N–H and O–H groups in total. The van der Waals surface area contributed by atoms with Crippen LogP contribution in [0.15, 0.2) is 56.8 Å². The van der Waals surface area contributed by atoms with E-state index in [9.17, 15) is 4.79 Å². The predicted molar refractivity (Wildman–Crippen MR) is 124 cm³/mol. The molecule has 0 bridgehead atoms. The molecule has 0 aliphatic carbocycles. The molecule has 34 heavy (non-hydrogen) atoms. The zero-order valence-corrected chi connectivity index (χ0v) is 19.4. The molecule has 0 fully saturated rings. The molecule has 0 amide bonds. The van der Waals surface area contributed by atoms with Gasteiger partial charge in [-0.05, 0) is 42.5 Å². The van der Waals surface area contributed by atoms with Crippen LogP contribution in [0.1, 0.15) is 5.56 Å². The van der Waals surface area contributed by atoms with Crippen LogP contribution in [0.3, 0.4) is 0 Å². The lowest BCUT2D eigenvalue weighted by molar-refractivity contribution is 0.0142. The summed E-state index contributed by atoms with van der Waals surface area (Å²) in [5, 5.41) is 4.01. The number of aromatic nitrogens is 2. The predicted octanol–water partition coefficient (Wildman–Crippen LogP) is 2.95. The van der Waals surface area contributed by atoms with Crippen molar-refractivity contribution in [2.45, 2.75) is 12.1 Å². The van der Waals surface area contributed by atoms with E-state index in [2.05, 4.69) is 14.7 Å². The fourth-order valence-electron chi connectivity index (χ4n) is 3.30. The van der Waals surface area contributed by atoms with Crippen molar-refractivity contribution in [1.29, 1.82) is 0 Å². The van der Waals surface area contributed by atoms with Gasteiger partial charge >= 0.3 is 5.76 Å². The van der Waals surface area contributed by atoms with Gasteiger partial charge in [0.15, 0.2) is 5.82 Å². The molecule has 2 aromatic carbocycles. The molecule has 11 heteroatoms. The Balaban J connectivity index is 1.45. The summed E-state index contributed by atoms with van der Waals surface area (Å²) < 4.78 is 32.5. The number of ether oxygens (including phenoxy) is 5. The minimum atomic E-state index is -0.656. The molecule has 2 atom stereocenters. The molecule has 0 spiro atoms. The van der Waals surface area contributed by atoms with Gasteiger partial charge in [-0.2, -0.15) is 0 Å². The summed E-state index contributed by atoms with van der Waals surface area (Å²) in [5.74, 6) is 1.38. The Morgan fingerprint density at radius 2 is 1.85 bits per heavy atom. The van der Waals surface area contributed by atoms with Crippen LogP contribution >= 0.6 is 11.6 Å². The molecule has 4 rings (SSSR count). The summed E-state index contributed by atoms with van der Waals surface area (Å²) in [7, 11) is 3.23. The number of hydrogen-bond acceptors (Lipinski definition) is 9. The normalized spacial score (nSPS) is 17.3. The minimum absolute atomic E-state index is 0.243. The zero-order chi connectivity index (χ0) is 23.9. The van der Waals surface area contributed by atoms with E-state index in [0.29, 0.717) is 42.1 Å². The van der Waals surface area contributed by atoms with E-state index in [-0.39, 0.29) is 24.6 Å². The van der Waals surface area contributed by atoms with Crippen LogP contribution in [0.4, 0.5) is 0 Å². The highest BCUT2D eigenvalue weighted by Crippen LogP contribution is 2.29. The van der Waals surface area contributed by atoms with Crippen molar-refractivity contribution in [2.75, 3.05) is 40.6 Å². The number of nitrogens with zero attached hydrogens (tertiary/aromatic N) is 2. The standard InChI is InChI=1S/C23H24ClN3O7/c1-29-9-10-31-13-20-19(25-22(33-20)14-3-5-15(30-2)6-4-14)12-32-16-7-8-17(18(24)11-16)21-26-23(28)34-27-21/h3-8,11,19-20H,9-10,12-13H2,1-2H3,(H,26,27,28). The molecule has 3 aromatic rings. The van der Waals surface area contributed by atoms with Crippen LogP contribution in [0.5, 0.6) is 11.5 Å². The van der Waals surface area contributed by atoms with Crippen molar-refractivity contribution in [2.24, 2.45) is 4.99 Å². The van der Waals surface area contributed by atoms with Crippen LogP contribution in [0.25, 0.3) is 11.4 Å². The van der Waals surface area contributed by atoms with E-state index in [4.69, 9.17) is 40.3 Å². The lowest BCUT2D eigenvalue weighted by Crippen LogP contribution is -2.33. The van der Waals surface area contributed by atoms with Crippen molar-refractivity contribution in [3.05, 3.63) is 63.6 Å². The highest BCUT2D eigenvalue weighted by Gasteiger charge is 2.32. The van der Waals surface area contributed by atoms with Gasteiger partial charge in [0, 0.05) is 18.2 Å². The van der Waals surface area contributed by atoms with Gasteiger partial charge < -0.3 is 23.7 Å². The molecule has 0 saturated heterocycles. The molecule has 1 aliphatic heterocycles. The summed E-state index contributed by atoms with van der Waals surface area (Å²) in [6.45, 7) is 1.51. The smallest absolute Gasteiger partial charge is 0.439 e. The van der Waals surface area contributed by atoms with Crippen molar-refractivity contribution >= 4 is 17.5 Å². The number of rotatable bonds is 11. The highest BCUT2D eigenvalue weighted by molar-refractivity contribution is 6.33.